The number of aromatic amines is 1. The molecule has 0 amide bonds. The molecular formula is C24H24N8. The second kappa shape index (κ2) is 9.27. The van der Waals surface area contributed by atoms with Crippen LogP contribution in [0.15, 0.2) is 48.9 Å². The van der Waals surface area contributed by atoms with Crippen LogP contribution in [0.1, 0.15) is 22.4 Å². The minimum absolute atomic E-state index is 0.535. The normalized spacial score (nSPS) is 10.6. The van der Waals surface area contributed by atoms with Gasteiger partial charge in [-0.05, 0) is 38.5 Å². The Morgan fingerprint density at radius 2 is 1.75 bits per heavy atom. The Balaban J connectivity index is 1.53. The van der Waals surface area contributed by atoms with E-state index in [9.17, 15) is 0 Å². The Kier molecular flexibility index (Phi) is 6.08. The van der Waals surface area contributed by atoms with E-state index >= 15 is 0 Å². The fourth-order valence-electron chi connectivity index (χ4n) is 3.40. The SMILES string of the molecule is Cc1ccc(-c2nc(NCCNc3ccc(C#N)cn3)ncc2-c2ncc(C)[nH]2)c(C)c1. The van der Waals surface area contributed by atoms with E-state index < -0.39 is 0 Å². The van der Waals surface area contributed by atoms with Gasteiger partial charge in [0.1, 0.15) is 17.7 Å². The quantitative estimate of drug-likeness (QED) is 0.380. The molecule has 160 valence electrons. The lowest BCUT2D eigenvalue weighted by atomic mass is 10.00. The third-order valence-corrected chi connectivity index (χ3v) is 4.99. The van der Waals surface area contributed by atoms with Gasteiger partial charge in [-0.1, -0.05) is 23.8 Å². The van der Waals surface area contributed by atoms with Gasteiger partial charge in [0.2, 0.25) is 5.95 Å². The fraction of sp³-hybridized carbons (Fsp3) is 0.208. The van der Waals surface area contributed by atoms with Crippen LogP contribution in [0.5, 0.6) is 0 Å². The molecule has 0 saturated carbocycles. The van der Waals surface area contributed by atoms with Crippen LogP contribution in [0.3, 0.4) is 0 Å². The minimum atomic E-state index is 0.535. The number of anilines is 2. The van der Waals surface area contributed by atoms with Gasteiger partial charge in [0.25, 0.3) is 0 Å². The number of nitriles is 1. The highest BCUT2D eigenvalue weighted by Gasteiger charge is 2.15. The standard InChI is InChI=1S/C24H24N8/c1-15-4-6-19(16(2)10-15)22-20(23-29-12-17(3)31-23)14-30-24(32-22)27-9-8-26-21-7-5-18(11-25)13-28-21/h4-7,10,12-14H,8-9H2,1-3H3,(H,26,28)(H,29,31)(H,27,30,32). The largest absolute Gasteiger partial charge is 0.368 e. The van der Waals surface area contributed by atoms with Crippen molar-refractivity contribution in [3.63, 3.8) is 0 Å². The summed E-state index contributed by atoms with van der Waals surface area (Å²) in [4.78, 5) is 21.3. The van der Waals surface area contributed by atoms with E-state index in [1.54, 1.807) is 30.7 Å². The maximum absolute atomic E-state index is 8.86. The number of rotatable bonds is 7. The summed E-state index contributed by atoms with van der Waals surface area (Å²) in [6.07, 6.45) is 5.15. The Bertz CT molecular complexity index is 1270. The molecular weight excluding hydrogens is 400 g/mol. The molecule has 0 aliphatic carbocycles. The lowest BCUT2D eigenvalue weighted by molar-refractivity contribution is 1.02. The highest BCUT2D eigenvalue weighted by Crippen LogP contribution is 2.31. The second-order valence-electron chi connectivity index (χ2n) is 7.59. The van der Waals surface area contributed by atoms with E-state index in [-0.39, 0.29) is 0 Å². The van der Waals surface area contributed by atoms with Gasteiger partial charge < -0.3 is 15.6 Å². The minimum Gasteiger partial charge on any atom is -0.368 e. The van der Waals surface area contributed by atoms with Crippen LogP contribution in [0.25, 0.3) is 22.6 Å². The maximum atomic E-state index is 8.86. The monoisotopic (exact) mass is 424 g/mol. The molecule has 0 aliphatic rings. The molecule has 3 N–H and O–H groups in total. The number of pyridine rings is 1. The molecule has 8 nitrogen and oxygen atoms in total. The van der Waals surface area contributed by atoms with Gasteiger partial charge >= 0.3 is 0 Å². The summed E-state index contributed by atoms with van der Waals surface area (Å²) in [6, 6.07) is 11.9. The first-order valence-corrected chi connectivity index (χ1v) is 10.3. The van der Waals surface area contributed by atoms with Gasteiger partial charge in [0.15, 0.2) is 0 Å². The van der Waals surface area contributed by atoms with Crippen molar-refractivity contribution in [3.05, 3.63) is 71.3 Å². The lowest BCUT2D eigenvalue weighted by Gasteiger charge is -2.13. The molecule has 0 aliphatic heterocycles. The summed E-state index contributed by atoms with van der Waals surface area (Å²) >= 11 is 0. The molecule has 0 fully saturated rings. The topological polar surface area (TPSA) is 115 Å². The highest BCUT2D eigenvalue weighted by atomic mass is 15.1. The summed E-state index contributed by atoms with van der Waals surface area (Å²) in [7, 11) is 0. The Morgan fingerprint density at radius 1 is 0.906 bits per heavy atom. The summed E-state index contributed by atoms with van der Waals surface area (Å²) < 4.78 is 0. The van der Waals surface area contributed by atoms with E-state index in [1.165, 1.54) is 5.56 Å². The molecule has 3 heterocycles. The zero-order valence-electron chi connectivity index (χ0n) is 18.3. The van der Waals surface area contributed by atoms with E-state index in [0.29, 0.717) is 30.4 Å². The number of H-pyrrole nitrogens is 1. The van der Waals surface area contributed by atoms with E-state index in [4.69, 9.17) is 10.2 Å². The molecule has 1 aromatic carbocycles. The number of nitrogens with zero attached hydrogens (tertiary/aromatic N) is 5. The molecule has 0 bridgehead atoms. The molecule has 3 aromatic heterocycles. The average Bonchev–Trinajstić information content (AvgIpc) is 3.23. The van der Waals surface area contributed by atoms with Crippen molar-refractivity contribution in [2.75, 3.05) is 23.7 Å². The first-order valence-electron chi connectivity index (χ1n) is 10.3. The Labute approximate surface area is 186 Å². The van der Waals surface area contributed by atoms with Crippen molar-refractivity contribution in [2.24, 2.45) is 0 Å². The van der Waals surface area contributed by atoms with Gasteiger partial charge in [0.05, 0.1) is 16.8 Å². The van der Waals surface area contributed by atoms with E-state index in [1.807, 2.05) is 6.92 Å². The van der Waals surface area contributed by atoms with Crippen LogP contribution in [0.2, 0.25) is 0 Å². The van der Waals surface area contributed by atoms with Gasteiger partial charge in [-0.3, -0.25) is 0 Å². The van der Waals surface area contributed by atoms with E-state index in [2.05, 4.69) is 68.7 Å². The molecule has 0 atom stereocenters. The van der Waals surface area contributed by atoms with Gasteiger partial charge in [-0.25, -0.2) is 19.9 Å². The lowest BCUT2D eigenvalue weighted by Crippen LogP contribution is -2.16. The van der Waals surface area contributed by atoms with E-state index in [0.717, 1.165) is 33.9 Å². The molecule has 8 heteroatoms. The average molecular weight is 425 g/mol. The fourth-order valence-corrected chi connectivity index (χ4v) is 3.40. The molecule has 0 radical (unpaired) electrons. The number of aromatic nitrogens is 5. The van der Waals surface area contributed by atoms with Crippen molar-refractivity contribution in [1.29, 1.82) is 5.26 Å². The summed E-state index contributed by atoms with van der Waals surface area (Å²) in [5.41, 5.74) is 6.60. The number of benzene rings is 1. The van der Waals surface area contributed by atoms with Gasteiger partial charge in [0, 0.05) is 42.9 Å². The molecule has 0 unspecified atom stereocenters. The van der Waals surface area contributed by atoms with Crippen molar-refractivity contribution >= 4 is 11.8 Å². The van der Waals surface area contributed by atoms with Crippen LogP contribution >= 0.6 is 0 Å². The van der Waals surface area contributed by atoms with Crippen molar-refractivity contribution in [2.45, 2.75) is 20.8 Å². The Hall–Kier alpha value is -4.25. The van der Waals surface area contributed by atoms with Gasteiger partial charge in [-0.2, -0.15) is 5.26 Å². The maximum Gasteiger partial charge on any atom is 0.223 e. The van der Waals surface area contributed by atoms with Crippen molar-refractivity contribution in [1.82, 2.24) is 24.9 Å². The third kappa shape index (κ3) is 4.73. The number of aryl methyl sites for hydroxylation is 3. The molecule has 0 spiro atoms. The van der Waals surface area contributed by atoms with Crippen LogP contribution in [0, 0.1) is 32.1 Å². The zero-order valence-corrected chi connectivity index (χ0v) is 18.3. The molecule has 0 saturated heterocycles. The molecule has 4 aromatic rings. The predicted molar refractivity (Wildman–Crippen MR) is 125 cm³/mol. The first kappa shape index (κ1) is 21.0. The predicted octanol–water partition coefficient (Wildman–Crippen LogP) is 4.25. The number of nitrogens with one attached hydrogen (secondary N) is 3. The van der Waals surface area contributed by atoms with Crippen LogP contribution in [-0.4, -0.2) is 38.0 Å². The third-order valence-electron chi connectivity index (χ3n) is 4.99. The first-order chi connectivity index (χ1) is 15.5. The molecule has 32 heavy (non-hydrogen) atoms. The number of hydrogen-bond donors (Lipinski definition) is 3. The van der Waals surface area contributed by atoms with Crippen molar-refractivity contribution in [3.8, 4) is 28.7 Å². The highest BCUT2D eigenvalue weighted by molar-refractivity contribution is 5.79. The molecule has 4 rings (SSSR count). The summed E-state index contributed by atoms with van der Waals surface area (Å²) in [5, 5.41) is 15.3. The van der Waals surface area contributed by atoms with Crippen LogP contribution < -0.4 is 10.6 Å². The Morgan fingerprint density at radius 3 is 2.44 bits per heavy atom. The summed E-state index contributed by atoms with van der Waals surface area (Å²) in [5.74, 6) is 2.00. The number of imidazole rings is 1. The zero-order chi connectivity index (χ0) is 22.5. The summed E-state index contributed by atoms with van der Waals surface area (Å²) in [6.45, 7) is 7.37. The van der Waals surface area contributed by atoms with Crippen LogP contribution in [-0.2, 0) is 0 Å². The smallest absolute Gasteiger partial charge is 0.223 e. The van der Waals surface area contributed by atoms with Crippen molar-refractivity contribution < 1.29 is 0 Å². The number of hydrogen-bond acceptors (Lipinski definition) is 7. The van der Waals surface area contributed by atoms with Gasteiger partial charge in [-0.15, -0.1) is 0 Å². The second-order valence-corrected chi connectivity index (χ2v) is 7.59. The van der Waals surface area contributed by atoms with Crippen LogP contribution in [0.4, 0.5) is 11.8 Å².